The smallest absolute Gasteiger partial charge is 0.459 e. The van der Waals surface area contributed by atoms with Gasteiger partial charge in [0, 0.05) is 17.3 Å². The second-order valence-electron chi connectivity index (χ2n) is 8.11. The van der Waals surface area contributed by atoms with Gasteiger partial charge in [0.2, 0.25) is 5.91 Å². The van der Waals surface area contributed by atoms with E-state index in [4.69, 9.17) is 25.4 Å². The lowest BCUT2D eigenvalue weighted by Crippen LogP contribution is -2.50. The van der Waals surface area contributed by atoms with Crippen molar-refractivity contribution in [2.75, 3.05) is 20.4 Å². The lowest BCUT2D eigenvalue weighted by atomic mass is 9.83. The van der Waals surface area contributed by atoms with Crippen LogP contribution in [0.1, 0.15) is 13.8 Å². The second-order valence-corrected chi connectivity index (χ2v) is 10.2. The molecule has 6 atom stereocenters. The standard InChI is InChI=1S/C21H26ClN4O8P/c1-13(19(29)31-3)25-35(30,34-15-6-4-14(22)5-7-15)32-10-16-18(28)21(2,11-23)20(33-16)26-9-8-17(27)24-12-26/h4-9,13,16,18,20,28H,10,12H2,1-3H3,(H,24,27)(H,25,30). The van der Waals surface area contributed by atoms with Crippen LogP contribution in [0, 0.1) is 16.7 Å². The van der Waals surface area contributed by atoms with Gasteiger partial charge >= 0.3 is 13.7 Å². The molecule has 0 saturated carbocycles. The van der Waals surface area contributed by atoms with Crippen LogP contribution in [0.25, 0.3) is 0 Å². The molecule has 35 heavy (non-hydrogen) atoms. The summed E-state index contributed by atoms with van der Waals surface area (Å²) in [5.74, 6) is -0.865. The van der Waals surface area contributed by atoms with Gasteiger partial charge in [-0.1, -0.05) is 11.6 Å². The fourth-order valence-corrected chi connectivity index (χ4v) is 5.18. The highest BCUT2D eigenvalue weighted by Crippen LogP contribution is 2.47. The number of hydrogen-bond acceptors (Lipinski definition) is 10. The van der Waals surface area contributed by atoms with Crippen LogP contribution in [0.2, 0.25) is 5.02 Å². The number of carbonyl (C=O) groups excluding carboxylic acids is 2. The number of halogens is 1. The molecule has 0 bridgehead atoms. The molecule has 1 amide bonds. The summed E-state index contributed by atoms with van der Waals surface area (Å²) >= 11 is 5.88. The predicted octanol–water partition coefficient (Wildman–Crippen LogP) is 1.51. The number of methoxy groups -OCH3 is 1. The number of nitrogens with one attached hydrogen (secondary N) is 2. The topological polar surface area (TPSA) is 159 Å². The number of carbonyl (C=O) groups is 2. The highest BCUT2D eigenvalue weighted by atomic mass is 35.5. The third-order valence-electron chi connectivity index (χ3n) is 5.53. The molecule has 14 heteroatoms. The minimum Gasteiger partial charge on any atom is -0.468 e. The molecule has 190 valence electrons. The molecule has 0 aliphatic carbocycles. The lowest BCUT2D eigenvalue weighted by molar-refractivity contribution is -0.142. The highest BCUT2D eigenvalue weighted by Gasteiger charge is 2.56. The van der Waals surface area contributed by atoms with E-state index in [9.17, 15) is 24.5 Å². The van der Waals surface area contributed by atoms with Gasteiger partial charge in [0.1, 0.15) is 29.4 Å². The minimum absolute atomic E-state index is 0.0634. The Morgan fingerprint density at radius 3 is 2.74 bits per heavy atom. The molecule has 2 aliphatic heterocycles. The lowest BCUT2D eigenvalue weighted by Gasteiger charge is -2.35. The third-order valence-corrected chi connectivity index (χ3v) is 7.43. The van der Waals surface area contributed by atoms with Crippen molar-refractivity contribution in [3.8, 4) is 11.8 Å². The Hall–Kier alpha value is -2.65. The van der Waals surface area contributed by atoms with Crippen LogP contribution >= 0.6 is 19.3 Å². The van der Waals surface area contributed by atoms with Gasteiger partial charge in [0.25, 0.3) is 0 Å². The molecule has 1 fully saturated rings. The first kappa shape index (κ1) is 26.9. The fraction of sp³-hybridized carbons (Fsp3) is 0.476. The highest BCUT2D eigenvalue weighted by molar-refractivity contribution is 7.52. The third kappa shape index (κ3) is 6.13. The molecule has 2 aliphatic rings. The SMILES string of the molecule is COC(=O)C(C)NP(=O)(OCC1OC(N2C=CC(=O)NC2)C(C)(C#N)C1O)Oc1ccc(Cl)cc1. The zero-order chi connectivity index (χ0) is 25.8. The van der Waals surface area contributed by atoms with Crippen LogP contribution in [0.15, 0.2) is 36.5 Å². The van der Waals surface area contributed by atoms with Gasteiger partial charge in [-0.25, -0.2) is 4.57 Å². The molecule has 12 nitrogen and oxygen atoms in total. The first-order valence-electron chi connectivity index (χ1n) is 10.5. The maximum absolute atomic E-state index is 13.5. The number of benzene rings is 1. The number of ether oxygens (including phenoxy) is 2. The summed E-state index contributed by atoms with van der Waals surface area (Å²) in [5, 5.41) is 26.2. The minimum atomic E-state index is -4.22. The molecule has 1 saturated heterocycles. The quantitative estimate of drug-likeness (QED) is 0.315. The summed E-state index contributed by atoms with van der Waals surface area (Å²) in [6.45, 7) is 2.53. The average molecular weight is 529 g/mol. The monoisotopic (exact) mass is 528 g/mol. The predicted molar refractivity (Wildman–Crippen MR) is 123 cm³/mol. The molecule has 2 heterocycles. The molecular formula is C21H26ClN4O8P. The maximum Gasteiger partial charge on any atom is 0.459 e. The molecule has 1 aromatic rings. The van der Waals surface area contributed by atoms with Crippen LogP contribution in [0.5, 0.6) is 5.75 Å². The van der Waals surface area contributed by atoms with Crippen LogP contribution in [-0.2, 0) is 28.2 Å². The zero-order valence-corrected chi connectivity index (χ0v) is 20.9. The molecule has 3 N–H and O–H groups in total. The van der Waals surface area contributed by atoms with Crippen LogP contribution in [-0.4, -0.2) is 66.7 Å². The Balaban J connectivity index is 1.78. The number of amides is 1. The number of nitriles is 1. The first-order valence-corrected chi connectivity index (χ1v) is 12.5. The summed E-state index contributed by atoms with van der Waals surface area (Å²) in [7, 11) is -3.05. The van der Waals surface area contributed by atoms with Crippen molar-refractivity contribution in [2.45, 2.75) is 38.3 Å². The van der Waals surface area contributed by atoms with E-state index in [0.717, 1.165) is 0 Å². The van der Waals surface area contributed by atoms with Gasteiger partial charge < -0.3 is 29.3 Å². The Kier molecular flexibility index (Phi) is 8.43. The Morgan fingerprint density at radius 1 is 1.49 bits per heavy atom. The molecular weight excluding hydrogens is 503 g/mol. The van der Waals surface area contributed by atoms with E-state index in [1.165, 1.54) is 57.5 Å². The molecule has 0 spiro atoms. The summed E-state index contributed by atoms with van der Waals surface area (Å²) < 4.78 is 35.2. The van der Waals surface area contributed by atoms with Crippen molar-refractivity contribution >= 4 is 31.2 Å². The molecule has 6 unspecified atom stereocenters. The van der Waals surface area contributed by atoms with Crippen molar-refractivity contribution in [1.82, 2.24) is 15.3 Å². The molecule has 0 aromatic heterocycles. The van der Waals surface area contributed by atoms with Crippen molar-refractivity contribution in [1.29, 1.82) is 5.26 Å². The first-order chi connectivity index (χ1) is 16.5. The number of rotatable bonds is 9. The second kappa shape index (κ2) is 11.0. The van der Waals surface area contributed by atoms with E-state index in [1.54, 1.807) is 4.90 Å². The normalized spacial score (nSPS) is 28.5. The van der Waals surface area contributed by atoms with Gasteiger partial charge in [0.05, 0.1) is 26.5 Å². The van der Waals surface area contributed by atoms with E-state index >= 15 is 0 Å². The van der Waals surface area contributed by atoms with Gasteiger partial charge in [-0.15, -0.1) is 0 Å². The number of aliphatic hydroxyl groups is 1. The Labute approximate surface area is 207 Å². The Bertz CT molecular complexity index is 1060. The van der Waals surface area contributed by atoms with Crippen molar-refractivity contribution < 1.29 is 37.8 Å². The van der Waals surface area contributed by atoms with E-state index in [1.807, 2.05) is 0 Å². The van der Waals surface area contributed by atoms with Crippen molar-refractivity contribution in [3.05, 3.63) is 41.6 Å². The number of nitrogens with zero attached hydrogens (tertiary/aromatic N) is 2. The summed E-state index contributed by atoms with van der Waals surface area (Å²) in [6, 6.07) is 6.96. The Morgan fingerprint density at radius 2 is 2.17 bits per heavy atom. The largest absolute Gasteiger partial charge is 0.468 e. The van der Waals surface area contributed by atoms with Gasteiger partial charge in [-0.3, -0.25) is 14.1 Å². The molecule has 3 rings (SSSR count). The van der Waals surface area contributed by atoms with Crippen molar-refractivity contribution in [3.63, 3.8) is 0 Å². The van der Waals surface area contributed by atoms with Crippen LogP contribution in [0.3, 0.4) is 0 Å². The summed E-state index contributed by atoms with van der Waals surface area (Å²) in [6.07, 6.45) is -0.638. The van der Waals surface area contributed by atoms with Gasteiger partial charge in [-0.2, -0.15) is 10.3 Å². The van der Waals surface area contributed by atoms with E-state index in [2.05, 4.69) is 21.2 Å². The summed E-state index contributed by atoms with van der Waals surface area (Å²) in [5.41, 5.74) is -1.41. The fourth-order valence-electron chi connectivity index (χ4n) is 3.56. The zero-order valence-electron chi connectivity index (χ0n) is 19.2. The number of hydrogen-bond donors (Lipinski definition) is 3. The number of aliphatic hydroxyl groups excluding tert-OH is 1. The maximum atomic E-state index is 13.5. The number of esters is 1. The average Bonchev–Trinajstić information content (AvgIpc) is 3.09. The van der Waals surface area contributed by atoms with Crippen LogP contribution in [0.4, 0.5) is 0 Å². The van der Waals surface area contributed by atoms with E-state index in [0.29, 0.717) is 5.02 Å². The van der Waals surface area contributed by atoms with Gasteiger partial charge in [-0.05, 0) is 38.1 Å². The van der Waals surface area contributed by atoms with Crippen molar-refractivity contribution in [2.24, 2.45) is 5.41 Å². The van der Waals surface area contributed by atoms with E-state index in [-0.39, 0.29) is 18.3 Å². The van der Waals surface area contributed by atoms with Crippen LogP contribution < -0.4 is 14.9 Å². The van der Waals surface area contributed by atoms with Gasteiger partial charge in [0.15, 0.2) is 6.23 Å². The summed E-state index contributed by atoms with van der Waals surface area (Å²) in [4.78, 5) is 24.9. The molecule has 0 radical (unpaired) electrons. The van der Waals surface area contributed by atoms with E-state index < -0.39 is 50.2 Å². The molecule has 1 aromatic carbocycles.